The zero-order chi connectivity index (χ0) is 29.1. The Hall–Kier alpha value is -4.68. The quantitative estimate of drug-likeness (QED) is 0.419. The first kappa shape index (κ1) is 28.3. The zero-order valence-corrected chi connectivity index (χ0v) is 23.8. The molecule has 206 valence electrons. The lowest BCUT2D eigenvalue weighted by molar-refractivity contribution is 0.0224. The number of nitrogens with one attached hydrogen (secondary N) is 2. The van der Waals surface area contributed by atoms with Gasteiger partial charge in [-0.15, -0.1) is 6.42 Å². The van der Waals surface area contributed by atoms with Crippen LogP contribution in [0.5, 0.6) is 0 Å². The number of hydrogen-bond donors (Lipinski definition) is 2. The molecule has 3 aromatic rings. The van der Waals surface area contributed by atoms with E-state index in [0.29, 0.717) is 42.4 Å². The predicted octanol–water partition coefficient (Wildman–Crippen LogP) is 4.86. The molecule has 40 heavy (non-hydrogen) atoms. The van der Waals surface area contributed by atoms with Gasteiger partial charge in [0.05, 0.1) is 6.20 Å². The number of benzene rings is 1. The van der Waals surface area contributed by atoms with Crippen LogP contribution in [0.4, 0.5) is 33.9 Å². The van der Waals surface area contributed by atoms with Gasteiger partial charge in [0.1, 0.15) is 23.1 Å². The van der Waals surface area contributed by atoms with Gasteiger partial charge in [-0.1, -0.05) is 12.0 Å². The summed E-state index contributed by atoms with van der Waals surface area (Å²) in [6.07, 6.45) is 10.5. The maximum Gasteiger partial charge on any atom is 0.410 e. The van der Waals surface area contributed by atoms with Crippen LogP contribution in [0.15, 0.2) is 40.9 Å². The van der Waals surface area contributed by atoms with Gasteiger partial charge >= 0.3 is 6.09 Å². The number of carbonyl (C=O) groups excluding carboxylic acids is 1. The number of carbonyl (C=O) groups is 1. The Morgan fingerprint density at radius 1 is 1.20 bits per heavy atom. The number of pyridine rings is 1. The van der Waals surface area contributed by atoms with E-state index in [9.17, 15) is 14.3 Å². The summed E-state index contributed by atoms with van der Waals surface area (Å²) in [5.41, 5.74) is 2.86. The lowest BCUT2D eigenvalue weighted by atomic mass is 9.94. The lowest BCUT2D eigenvalue weighted by Crippen LogP contribution is -2.40. The molecule has 0 spiro atoms. The third-order valence-corrected chi connectivity index (χ3v) is 6.23. The molecule has 0 bridgehead atoms. The van der Waals surface area contributed by atoms with E-state index >= 15 is 0 Å². The fraction of sp³-hybridized carbons (Fsp3) is 0.321. The maximum absolute atomic E-state index is 12.7. The second-order valence-electron chi connectivity index (χ2n) is 10.4. The van der Waals surface area contributed by atoms with Crippen molar-refractivity contribution in [2.24, 2.45) is 4.36 Å². The van der Waals surface area contributed by atoms with Crippen molar-refractivity contribution < 1.29 is 13.7 Å². The third-order valence-electron chi connectivity index (χ3n) is 5.60. The molecule has 0 saturated heterocycles. The van der Waals surface area contributed by atoms with Gasteiger partial charge in [-0.25, -0.2) is 19.0 Å². The molecule has 4 rings (SSSR count). The summed E-state index contributed by atoms with van der Waals surface area (Å²) in [5.74, 6) is 3.85. The van der Waals surface area contributed by atoms with Gasteiger partial charge in [0.2, 0.25) is 5.95 Å². The van der Waals surface area contributed by atoms with Crippen LogP contribution in [-0.2, 0) is 27.4 Å². The van der Waals surface area contributed by atoms with Gasteiger partial charge in [-0.05, 0) is 62.6 Å². The van der Waals surface area contributed by atoms with Crippen molar-refractivity contribution in [2.45, 2.75) is 39.3 Å². The molecule has 0 aliphatic carbocycles. The summed E-state index contributed by atoms with van der Waals surface area (Å²) >= 11 is 0. The van der Waals surface area contributed by atoms with Gasteiger partial charge in [-0.2, -0.15) is 14.6 Å². The molecule has 1 aromatic carbocycles. The number of aromatic nitrogens is 3. The van der Waals surface area contributed by atoms with Gasteiger partial charge < -0.3 is 20.3 Å². The van der Waals surface area contributed by atoms with Crippen molar-refractivity contribution in [3.63, 3.8) is 0 Å². The molecule has 0 atom stereocenters. The Bertz CT molecular complexity index is 1670. The number of hydrogen-bond acceptors (Lipinski definition) is 10. The number of rotatable bonds is 5. The molecule has 0 fully saturated rings. The Morgan fingerprint density at radius 3 is 2.65 bits per heavy atom. The van der Waals surface area contributed by atoms with Crippen molar-refractivity contribution in [1.82, 2.24) is 19.9 Å². The van der Waals surface area contributed by atoms with Crippen LogP contribution in [0.2, 0.25) is 0 Å². The number of nitrogens with zero attached hydrogens (tertiary/aromatic N) is 6. The minimum atomic E-state index is -2.40. The molecular formula is C28H30N8O3S. The van der Waals surface area contributed by atoms with E-state index in [1.165, 1.54) is 18.7 Å². The highest BCUT2D eigenvalue weighted by Crippen LogP contribution is 2.29. The standard InChI is InChI=1S/C28H30N8O3S/c1-7-18-13-21(14-19-17-36(12-11-22(18)19)27(37)39-28(2,3)4)31-26-30-16-20(15-29)25(34-26)33-23-9-8-10-24(32-23)35-40(5,6)38/h1,8-10,13-14,16H,11-12,17H2,2-6H3,(H2,30,31,32,33,34). The summed E-state index contributed by atoms with van der Waals surface area (Å²) in [4.78, 5) is 27.4. The Balaban J connectivity index is 1.60. The van der Waals surface area contributed by atoms with E-state index < -0.39 is 15.3 Å². The van der Waals surface area contributed by atoms with E-state index in [0.717, 1.165) is 11.1 Å². The van der Waals surface area contributed by atoms with Crippen molar-refractivity contribution in [1.29, 1.82) is 5.26 Å². The highest BCUT2D eigenvalue weighted by atomic mass is 32.2. The fourth-order valence-corrected chi connectivity index (χ4v) is 4.57. The summed E-state index contributed by atoms with van der Waals surface area (Å²) in [6, 6.07) is 10.8. The van der Waals surface area contributed by atoms with Crippen molar-refractivity contribution in [3.8, 4) is 18.4 Å². The monoisotopic (exact) mass is 558 g/mol. The average molecular weight is 559 g/mol. The number of fused-ring (bicyclic) bond motifs is 1. The van der Waals surface area contributed by atoms with Crippen LogP contribution in [-0.4, -0.2) is 54.8 Å². The smallest absolute Gasteiger partial charge is 0.410 e. The van der Waals surface area contributed by atoms with Crippen LogP contribution in [0.1, 0.15) is 43.0 Å². The summed E-state index contributed by atoms with van der Waals surface area (Å²) in [7, 11) is -2.40. The highest BCUT2D eigenvalue weighted by Gasteiger charge is 2.27. The first-order valence-electron chi connectivity index (χ1n) is 12.4. The third kappa shape index (κ3) is 7.24. The van der Waals surface area contributed by atoms with Crippen molar-refractivity contribution in [2.75, 3.05) is 29.7 Å². The molecule has 0 saturated carbocycles. The van der Waals surface area contributed by atoms with E-state index in [1.54, 1.807) is 23.1 Å². The molecule has 1 aliphatic heterocycles. The topological polar surface area (TPSA) is 145 Å². The van der Waals surface area contributed by atoms with Gasteiger partial charge in [0.25, 0.3) is 0 Å². The van der Waals surface area contributed by atoms with E-state index in [4.69, 9.17) is 11.2 Å². The lowest BCUT2D eigenvalue weighted by Gasteiger charge is -2.32. The van der Waals surface area contributed by atoms with Gasteiger partial charge in [0.15, 0.2) is 11.6 Å². The summed E-state index contributed by atoms with van der Waals surface area (Å²) in [5, 5.41) is 15.8. The van der Waals surface area contributed by atoms with Crippen LogP contribution in [0.25, 0.3) is 0 Å². The molecular weight excluding hydrogens is 528 g/mol. The molecule has 11 nitrogen and oxygen atoms in total. The first-order valence-corrected chi connectivity index (χ1v) is 14.7. The normalized spacial score (nSPS) is 12.9. The molecule has 2 aromatic heterocycles. The Labute approximate surface area is 234 Å². The first-order chi connectivity index (χ1) is 18.8. The average Bonchev–Trinajstić information content (AvgIpc) is 2.86. The van der Waals surface area contributed by atoms with E-state index in [1.807, 2.05) is 32.9 Å². The Morgan fingerprint density at radius 2 is 1.98 bits per heavy atom. The minimum Gasteiger partial charge on any atom is -0.444 e. The van der Waals surface area contributed by atoms with Crippen LogP contribution < -0.4 is 10.6 Å². The van der Waals surface area contributed by atoms with Crippen molar-refractivity contribution >= 4 is 44.9 Å². The van der Waals surface area contributed by atoms with Crippen LogP contribution >= 0.6 is 0 Å². The maximum atomic E-state index is 12.7. The number of amides is 1. The Kier molecular flexibility index (Phi) is 7.93. The number of nitriles is 1. The molecule has 1 amide bonds. The summed E-state index contributed by atoms with van der Waals surface area (Å²) in [6.45, 7) is 6.35. The van der Waals surface area contributed by atoms with Gasteiger partial charge in [-0.3, -0.25) is 0 Å². The van der Waals surface area contributed by atoms with Crippen molar-refractivity contribution in [3.05, 3.63) is 58.8 Å². The predicted molar refractivity (Wildman–Crippen MR) is 154 cm³/mol. The molecule has 0 unspecified atom stereocenters. The van der Waals surface area contributed by atoms with Crippen LogP contribution in [0, 0.1) is 23.7 Å². The van der Waals surface area contributed by atoms with E-state index in [-0.39, 0.29) is 23.4 Å². The molecule has 12 heteroatoms. The minimum absolute atomic E-state index is 0.201. The summed E-state index contributed by atoms with van der Waals surface area (Å²) < 4.78 is 21.7. The van der Waals surface area contributed by atoms with E-state index in [2.05, 4.69) is 41.9 Å². The highest BCUT2D eigenvalue weighted by molar-refractivity contribution is 7.92. The zero-order valence-electron chi connectivity index (χ0n) is 23.0. The van der Waals surface area contributed by atoms with Gasteiger partial charge in [0, 0.05) is 46.6 Å². The largest absolute Gasteiger partial charge is 0.444 e. The van der Waals surface area contributed by atoms with Crippen LogP contribution in [0.3, 0.4) is 0 Å². The number of terminal acetylenes is 1. The SMILES string of the molecule is C#Cc1cc(Nc2ncc(C#N)c(Nc3cccc(N=S(C)(C)=O)n3)n2)cc2c1CCN(C(=O)OC(C)(C)C)C2. The molecule has 3 heterocycles. The number of anilines is 4. The number of ether oxygens (including phenoxy) is 1. The molecule has 0 radical (unpaired) electrons. The fourth-order valence-electron chi connectivity index (χ4n) is 4.02. The second kappa shape index (κ2) is 11.2. The molecule has 2 N–H and O–H groups in total. The second-order valence-corrected chi connectivity index (χ2v) is 13.0. The molecule has 1 aliphatic rings.